The Morgan fingerprint density at radius 3 is 2.68 bits per heavy atom. The summed E-state index contributed by atoms with van der Waals surface area (Å²) in [4.78, 5) is 15.2. The number of hydrogen-bond donors (Lipinski definition) is 3. The predicted octanol–water partition coefficient (Wildman–Crippen LogP) is 2.74. The van der Waals surface area contributed by atoms with Crippen LogP contribution in [-0.2, 0) is 0 Å². The number of pyridine rings is 1. The van der Waals surface area contributed by atoms with Crippen LogP contribution in [0.2, 0.25) is 0 Å². The number of nitrogens with zero attached hydrogens (tertiary/aromatic N) is 1. The SMILES string of the molecule is CC1(C)CCC(Nc2nccc(C(=O)O)c2N)CC1. The Labute approximate surface area is 113 Å². The maximum absolute atomic E-state index is 11.0. The lowest BCUT2D eigenvalue weighted by atomic mass is 9.75. The van der Waals surface area contributed by atoms with Gasteiger partial charge in [0, 0.05) is 12.2 Å². The molecule has 1 heterocycles. The highest BCUT2D eigenvalue weighted by Gasteiger charge is 2.27. The zero-order valence-electron chi connectivity index (χ0n) is 11.4. The van der Waals surface area contributed by atoms with E-state index in [1.165, 1.54) is 12.3 Å². The molecule has 0 amide bonds. The van der Waals surface area contributed by atoms with Gasteiger partial charge in [-0.1, -0.05) is 13.8 Å². The van der Waals surface area contributed by atoms with Gasteiger partial charge < -0.3 is 16.2 Å². The molecule has 1 aliphatic rings. The van der Waals surface area contributed by atoms with Crippen molar-refractivity contribution >= 4 is 17.5 Å². The molecule has 0 aromatic carbocycles. The van der Waals surface area contributed by atoms with E-state index in [1.807, 2.05) is 0 Å². The minimum atomic E-state index is -1.02. The quantitative estimate of drug-likeness (QED) is 0.780. The van der Waals surface area contributed by atoms with Crippen LogP contribution in [0.15, 0.2) is 12.3 Å². The van der Waals surface area contributed by atoms with E-state index in [0.29, 0.717) is 17.3 Å². The highest BCUT2D eigenvalue weighted by atomic mass is 16.4. The summed E-state index contributed by atoms with van der Waals surface area (Å²) >= 11 is 0. The van der Waals surface area contributed by atoms with Gasteiger partial charge in [0.05, 0.1) is 11.3 Å². The Hall–Kier alpha value is -1.78. The van der Waals surface area contributed by atoms with Gasteiger partial charge in [-0.2, -0.15) is 0 Å². The van der Waals surface area contributed by atoms with Gasteiger partial charge in [0.2, 0.25) is 0 Å². The molecule has 0 atom stereocenters. The second-order valence-corrected chi connectivity index (χ2v) is 6.01. The molecular weight excluding hydrogens is 242 g/mol. The Morgan fingerprint density at radius 1 is 1.47 bits per heavy atom. The number of aromatic nitrogens is 1. The Kier molecular flexibility index (Phi) is 3.64. The van der Waals surface area contributed by atoms with Crippen LogP contribution in [0.4, 0.5) is 11.5 Å². The van der Waals surface area contributed by atoms with Crippen molar-refractivity contribution in [2.75, 3.05) is 11.1 Å². The summed E-state index contributed by atoms with van der Waals surface area (Å²) in [6.07, 6.45) is 5.91. The molecule has 1 aromatic rings. The summed E-state index contributed by atoms with van der Waals surface area (Å²) < 4.78 is 0. The fourth-order valence-corrected chi connectivity index (χ4v) is 2.51. The number of carboxylic acids is 1. The number of hydrogen-bond acceptors (Lipinski definition) is 4. The molecule has 0 bridgehead atoms. The first-order valence-corrected chi connectivity index (χ1v) is 6.63. The first-order chi connectivity index (χ1) is 8.89. The third-order valence-electron chi connectivity index (χ3n) is 3.90. The minimum absolute atomic E-state index is 0.105. The Bertz CT molecular complexity index is 476. The van der Waals surface area contributed by atoms with Crippen LogP contribution in [0.1, 0.15) is 49.9 Å². The standard InChI is InChI=1S/C14H21N3O2/c1-14(2)6-3-9(4-7-14)17-12-11(15)10(13(18)19)5-8-16-12/h5,8-9H,3-4,6-7,15H2,1-2H3,(H,16,17)(H,18,19). The molecule has 104 valence electrons. The number of aromatic carboxylic acids is 1. The van der Waals surface area contributed by atoms with Crippen molar-refractivity contribution in [1.82, 2.24) is 4.98 Å². The second kappa shape index (κ2) is 5.07. The third-order valence-corrected chi connectivity index (χ3v) is 3.90. The number of anilines is 2. The summed E-state index contributed by atoms with van der Waals surface area (Å²) in [5.74, 6) is -0.530. The highest BCUT2D eigenvalue weighted by molar-refractivity contribution is 5.96. The van der Waals surface area contributed by atoms with Gasteiger partial charge in [-0.25, -0.2) is 9.78 Å². The predicted molar refractivity (Wildman–Crippen MR) is 75.3 cm³/mol. The van der Waals surface area contributed by atoms with Crippen LogP contribution in [0.5, 0.6) is 0 Å². The van der Waals surface area contributed by atoms with E-state index in [4.69, 9.17) is 10.8 Å². The monoisotopic (exact) mass is 263 g/mol. The van der Waals surface area contributed by atoms with Crippen molar-refractivity contribution in [3.05, 3.63) is 17.8 Å². The summed E-state index contributed by atoms with van der Waals surface area (Å²) in [5.41, 5.74) is 6.58. The molecule has 0 radical (unpaired) electrons. The molecule has 4 N–H and O–H groups in total. The molecule has 5 nitrogen and oxygen atoms in total. The van der Waals surface area contributed by atoms with Gasteiger partial charge >= 0.3 is 5.97 Å². The van der Waals surface area contributed by atoms with Crippen LogP contribution < -0.4 is 11.1 Å². The van der Waals surface area contributed by atoms with Crippen molar-refractivity contribution in [2.24, 2.45) is 5.41 Å². The van der Waals surface area contributed by atoms with Crippen LogP contribution in [0.3, 0.4) is 0 Å². The van der Waals surface area contributed by atoms with E-state index in [-0.39, 0.29) is 11.3 Å². The lowest BCUT2D eigenvalue weighted by Gasteiger charge is -2.35. The van der Waals surface area contributed by atoms with Crippen molar-refractivity contribution in [3.63, 3.8) is 0 Å². The topological polar surface area (TPSA) is 88.2 Å². The number of nitrogen functional groups attached to an aromatic ring is 1. The smallest absolute Gasteiger partial charge is 0.337 e. The van der Waals surface area contributed by atoms with Crippen LogP contribution >= 0.6 is 0 Å². The van der Waals surface area contributed by atoms with E-state index in [2.05, 4.69) is 24.1 Å². The maximum atomic E-state index is 11.0. The molecule has 1 fully saturated rings. The van der Waals surface area contributed by atoms with Crippen molar-refractivity contribution in [1.29, 1.82) is 0 Å². The van der Waals surface area contributed by atoms with Crippen LogP contribution in [0, 0.1) is 5.41 Å². The number of nitrogens with two attached hydrogens (primary N) is 1. The normalized spacial score (nSPS) is 19.1. The Balaban J connectivity index is 2.08. The van der Waals surface area contributed by atoms with Crippen molar-refractivity contribution < 1.29 is 9.90 Å². The van der Waals surface area contributed by atoms with Crippen LogP contribution in [0.25, 0.3) is 0 Å². The van der Waals surface area contributed by atoms with E-state index < -0.39 is 5.97 Å². The molecule has 1 aliphatic carbocycles. The number of carboxylic acid groups (broad SMARTS) is 1. The lowest BCUT2D eigenvalue weighted by Crippen LogP contribution is -2.30. The van der Waals surface area contributed by atoms with Gasteiger partial charge in [-0.05, 0) is 37.2 Å². The lowest BCUT2D eigenvalue weighted by molar-refractivity contribution is 0.0698. The third kappa shape index (κ3) is 3.16. The molecule has 0 aliphatic heterocycles. The minimum Gasteiger partial charge on any atom is -0.478 e. The van der Waals surface area contributed by atoms with Crippen molar-refractivity contribution in [3.8, 4) is 0 Å². The molecule has 2 rings (SSSR count). The van der Waals surface area contributed by atoms with E-state index >= 15 is 0 Å². The fraction of sp³-hybridized carbons (Fsp3) is 0.571. The summed E-state index contributed by atoms with van der Waals surface area (Å²) in [7, 11) is 0. The van der Waals surface area contributed by atoms with Crippen molar-refractivity contribution in [2.45, 2.75) is 45.6 Å². The maximum Gasteiger partial charge on any atom is 0.337 e. The van der Waals surface area contributed by atoms with Gasteiger partial charge in [0.15, 0.2) is 0 Å². The molecule has 5 heteroatoms. The molecule has 0 spiro atoms. The van der Waals surface area contributed by atoms with Crippen LogP contribution in [-0.4, -0.2) is 22.1 Å². The van der Waals surface area contributed by atoms with Gasteiger partial charge in [-0.3, -0.25) is 0 Å². The second-order valence-electron chi connectivity index (χ2n) is 6.01. The van der Waals surface area contributed by atoms with E-state index in [9.17, 15) is 4.79 Å². The average molecular weight is 263 g/mol. The zero-order valence-corrected chi connectivity index (χ0v) is 11.4. The molecular formula is C14H21N3O2. The molecule has 1 saturated carbocycles. The van der Waals surface area contributed by atoms with Gasteiger partial charge in [-0.15, -0.1) is 0 Å². The fourth-order valence-electron chi connectivity index (χ4n) is 2.51. The average Bonchev–Trinajstić information content (AvgIpc) is 2.34. The van der Waals surface area contributed by atoms with E-state index in [1.54, 1.807) is 0 Å². The summed E-state index contributed by atoms with van der Waals surface area (Å²) in [6.45, 7) is 4.56. The Morgan fingerprint density at radius 2 is 2.11 bits per heavy atom. The first-order valence-electron chi connectivity index (χ1n) is 6.63. The highest BCUT2D eigenvalue weighted by Crippen LogP contribution is 2.36. The number of carbonyl (C=O) groups is 1. The molecule has 0 saturated heterocycles. The molecule has 19 heavy (non-hydrogen) atoms. The van der Waals surface area contributed by atoms with E-state index in [0.717, 1.165) is 25.7 Å². The zero-order chi connectivity index (χ0) is 14.0. The number of nitrogens with one attached hydrogen (secondary N) is 1. The first kappa shape index (κ1) is 13.6. The largest absolute Gasteiger partial charge is 0.478 e. The van der Waals surface area contributed by atoms with Gasteiger partial charge in [0.25, 0.3) is 0 Å². The summed E-state index contributed by atoms with van der Waals surface area (Å²) in [5, 5.41) is 12.3. The summed E-state index contributed by atoms with van der Waals surface area (Å²) in [6, 6.07) is 1.75. The molecule has 1 aromatic heterocycles. The molecule has 0 unspecified atom stereocenters. The van der Waals surface area contributed by atoms with Gasteiger partial charge in [0.1, 0.15) is 5.82 Å². The number of rotatable bonds is 3.